The monoisotopic (exact) mass is 302 g/mol. The topological polar surface area (TPSA) is 9.23 Å². The first kappa shape index (κ1) is 12.4. The Balaban J connectivity index is 2.24. The molecule has 2 rings (SSSR count). The summed E-state index contributed by atoms with van der Waals surface area (Å²) in [4.78, 5) is 0. The molecule has 0 radical (unpaired) electrons. The second-order valence-corrected chi connectivity index (χ2v) is 5.70. The lowest BCUT2D eigenvalue weighted by atomic mass is 9.87. The molecule has 1 aliphatic rings. The van der Waals surface area contributed by atoms with Gasteiger partial charge < -0.3 is 4.74 Å². The van der Waals surface area contributed by atoms with Crippen molar-refractivity contribution in [3.8, 4) is 0 Å². The number of benzene rings is 1. The average molecular weight is 304 g/mol. The van der Waals surface area contributed by atoms with Crippen molar-refractivity contribution in [1.82, 2.24) is 0 Å². The number of rotatable bonds is 2. The molecule has 3 heteroatoms. The van der Waals surface area contributed by atoms with Crippen molar-refractivity contribution in [3.05, 3.63) is 34.3 Å². The van der Waals surface area contributed by atoms with Crippen LogP contribution in [-0.2, 0) is 4.74 Å². The van der Waals surface area contributed by atoms with Crippen LogP contribution in [0.25, 0.3) is 0 Å². The molecule has 0 unspecified atom stereocenters. The van der Waals surface area contributed by atoms with Crippen molar-refractivity contribution in [1.29, 1.82) is 0 Å². The summed E-state index contributed by atoms with van der Waals surface area (Å²) in [6.07, 6.45) is 2.18. The Labute approximate surface area is 110 Å². The molecule has 1 heterocycles. The van der Waals surface area contributed by atoms with Crippen molar-refractivity contribution in [2.45, 2.75) is 31.2 Å². The highest BCUT2D eigenvalue weighted by molar-refractivity contribution is 9.10. The molecule has 0 amide bonds. The lowest BCUT2D eigenvalue weighted by molar-refractivity contribution is -0.0269. The summed E-state index contributed by atoms with van der Waals surface area (Å²) < 4.78 is 6.98. The van der Waals surface area contributed by atoms with Crippen molar-refractivity contribution >= 4 is 27.5 Å². The molecular formula is C13H16BrClO. The molecule has 0 bridgehead atoms. The Morgan fingerprint density at radius 2 is 2.31 bits per heavy atom. The fourth-order valence-corrected chi connectivity index (χ4v) is 3.15. The maximum Gasteiger partial charge on any atom is 0.0867 e. The van der Waals surface area contributed by atoms with Crippen molar-refractivity contribution in [2.24, 2.45) is 5.92 Å². The van der Waals surface area contributed by atoms with Gasteiger partial charge in [-0.2, -0.15) is 0 Å². The molecule has 16 heavy (non-hydrogen) atoms. The summed E-state index contributed by atoms with van der Waals surface area (Å²) in [6, 6.07) is 8.33. The molecular weight excluding hydrogens is 287 g/mol. The zero-order valence-electron chi connectivity index (χ0n) is 9.33. The summed E-state index contributed by atoms with van der Waals surface area (Å²) in [7, 11) is 0. The minimum absolute atomic E-state index is 0.152. The molecule has 88 valence electrons. The van der Waals surface area contributed by atoms with E-state index in [1.165, 1.54) is 5.56 Å². The molecule has 1 fully saturated rings. The van der Waals surface area contributed by atoms with Gasteiger partial charge in [0.1, 0.15) is 0 Å². The van der Waals surface area contributed by atoms with E-state index in [0.717, 1.165) is 23.9 Å². The largest absolute Gasteiger partial charge is 0.373 e. The molecule has 0 saturated carbocycles. The van der Waals surface area contributed by atoms with Gasteiger partial charge in [-0.1, -0.05) is 35.0 Å². The van der Waals surface area contributed by atoms with Gasteiger partial charge in [0.05, 0.1) is 6.10 Å². The molecule has 0 aliphatic carbocycles. The van der Waals surface area contributed by atoms with E-state index in [0.29, 0.717) is 5.92 Å². The first-order valence-electron chi connectivity index (χ1n) is 5.73. The Morgan fingerprint density at radius 3 is 3.00 bits per heavy atom. The molecule has 1 saturated heterocycles. The molecule has 1 aromatic carbocycles. The predicted octanol–water partition coefficient (Wildman–Crippen LogP) is 4.54. The normalized spacial score (nSPS) is 30.3. The van der Waals surface area contributed by atoms with E-state index in [1.54, 1.807) is 0 Å². The van der Waals surface area contributed by atoms with Crippen molar-refractivity contribution in [3.63, 3.8) is 0 Å². The maximum absolute atomic E-state index is 6.38. The van der Waals surface area contributed by atoms with Gasteiger partial charge in [-0.25, -0.2) is 0 Å². The van der Waals surface area contributed by atoms with Crippen LogP contribution in [0.15, 0.2) is 28.7 Å². The third-order valence-electron chi connectivity index (χ3n) is 3.19. The third kappa shape index (κ3) is 2.61. The van der Waals surface area contributed by atoms with Gasteiger partial charge in [-0.15, -0.1) is 11.6 Å². The van der Waals surface area contributed by atoms with Crippen LogP contribution in [-0.4, -0.2) is 12.0 Å². The van der Waals surface area contributed by atoms with Gasteiger partial charge in [0.25, 0.3) is 0 Å². The minimum Gasteiger partial charge on any atom is -0.373 e. The number of ether oxygens (including phenoxy) is 1. The quantitative estimate of drug-likeness (QED) is 0.729. The summed E-state index contributed by atoms with van der Waals surface area (Å²) in [5.41, 5.74) is 1.23. The first-order valence-corrected chi connectivity index (χ1v) is 6.96. The zero-order valence-corrected chi connectivity index (χ0v) is 11.7. The highest BCUT2D eigenvalue weighted by atomic mass is 79.9. The van der Waals surface area contributed by atoms with E-state index in [-0.39, 0.29) is 11.5 Å². The van der Waals surface area contributed by atoms with Gasteiger partial charge in [0.2, 0.25) is 0 Å². The smallest absolute Gasteiger partial charge is 0.0867 e. The Hall–Kier alpha value is -0.0500. The standard InChI is InChI=1S/C13H16BrClO/c1-2-11-12(15)6-7-16-13(11)9-4-3-5-10(14)8-9/h3-5,8,11-13H,2,6-7H2,1H3/t11-,12-,13-/m1/s1. The number of alkyl halides is 1. The van der Waals surface area contributed by atoms with Crippen molar-refractivity contribution in [2.75, 3.05) is 6.61 Å². The van der Waals surface area contributed by atoms with Crippen LogP contribution in [0.1, 0.15) is 31.4 Å². The van der Waals surface area contributed by atoms with Crippen LogP contribution in [0.2, 0.25) is 0 Å². The fraction of sp³-hybridized carbons (Fsp3) is 0.538. The van der Waals surface area contributed by atoms with E-state index in [2.05, 4.69) is 35.0 Å². The molecule has 1 aromatic rings. The summed E-state index contributed by atoms with van der Waals surface area (Å²) >= 11 is 9.87. The van der Waals surface area contributed by atoms with E-state index in [9.17, 15) is 0 Å². The predicted molar refractivity (Wildman–Crippen MR) is 70.9 cm³/mol. The van der Waals surface area contributed by atoms with Gasteiger partial charge in [-0.3, -0.25) is 0 Å². The molecule has 0 spiro atoms. The zero-order chi connectivity index (χ0) is 11.5. The second kappa shape index (κ2) is 5.52. The first-order chi connectivity index (χ1) is 7.72. The average Bonchev–Trinajstić information content (AvgIpc) is 2.28. The molecule has 0 N–H and O–H groups in total. The van der Waals surface area contributed by atoms with Crippen LogP contribution in [0, 0.1) is 5.92 Å². The number of hydrogen-bond donors (Lipinski definition) is 0. The highest BCUT2D eigenvalue weighted by Crippen LogP contribution is 2.38. The summed E-state index contributed by atoms with van der Waals surface area (Å²) in [6.45, 7) is 2.95. The molecule has 0 aromatic heterocycles. The van der Waals surface area contributed by atoms with Crippen LogP contribution < -0.4 is 0 Å². The number of hydrogen-bond acceptors (Lipinski definition) is 1. The molecule has 3 atom stereocenters. The molecule has 1 nitrogen and oxygen atoms in total. The Morgan fingerprint density at radius 1 is 1.50 bits per heavy atom. The Bertz CT molecular complexity index is 356. The van der Waals surface area contributed by atoms with Gasteiger partial charge in [0.15, 0.2) is 0 Å². The molecule has 1 aliphatic heterocycles. The van der Waals surface area contributed by atoms with Crippen LogP contribution in [0.5, 0.6) is 0 Å². The van der Waals surface area contributed by atoms with Gasteiger partial charge in [0, 0.05) is 22.4 Å². The maximum atomic E-state index is 6.38. The van der Waals surface area contributed by atoms with E-state index in [1.807, 2.05) is 12.1 Å². The SMILES string of the molecule is CC[C@@H]1[C@H](Cl)CCO[C@@H]1c1cccc(Br)c1. The van der Waals surface area contributed by atoms with Crippen LogP contribution >= 0.6 is 27.5 Å². The lowest BCUT2D eigenvalue weighted by Crippen LogP contribution is -2.31. The van der Waals surface area contributed by atoms with Gasteiger partial charge >= 0.3 is 0 Å². The highest BCUT2D eigenvalue weighted by Gasteiger charge is 2.32. The van der Waals surface area contributed by atoms with E-state index >= 15 is 0 Å². The van der Waals surface area contributed by atoms with E-state index < -0.39 is 0 Å². The number of halogens is 2. The summed E-state index contributed by atoms with van der Waals surface area (Å²) in [5.74, 6) is 0.421. The van der Waals surface area contributed by atoms with Crippen LogP contribution in [0.4, 0.5) is 0 Å². The van der Waals surface area contributed by atoms with E-state index in [4.69, 9.17) is 16.3 Å². The van der Waals surface area contributed by atoms with Crippen LogP contribution in [0.3, 0.4) is 0 Å². The van der Waals surface area contributed by atoms with Crippen molar-refractivity contribution < 1.29 is 4.74 Å². The summed E-state index contributed by atoms with van der Waals surface area (Å²) in [5, 5.41) is 0.239. The fourth-order valence-electron chi connectivity index (χ4n) is 2.33. The second-order valence-electron chi connectivity index (χ2n) is 4.22. The van der Waals surface area contributed by atoms with Gasteiger partial charge in [-0.05, 0) is 30.5 Å². The lowest BCUT2D eigenvalue weighted by Gasteiger charge is -2.35. The Kier molecular flexibility index (Phi) is 4.28. The minimum atomic E-state index is 0.152. The third-order valence-corrected chi connectivity index (χ3v) is 4.23.